The first-order chi connectivity index (χ1) is 9.59. The highest BCUT2D eigenvalue weighted by Gasteiger charge is 2.45. The van der Waals surface area contributed by atoms with Crippen molar-refractivity contribution >= 4 is 17.9 Å². The zero-order valence-corrected chi connectivity index (χ0v) is 11.1. The van der Waals surface area contributed by atoms with Gasteiger partial charge in [-0.05, 0) is 7.05 Å². The van der Waals surface area contributed by atoms with Gasteiger partial charge in [-0.2, -0.15) is 0 Å². The molecule has 0 aliphatic carbocycles. The number of hydrogen-bond donors (Lipinski definition) is 4. The molecule has 1 fully saturated rings. The fourth-order valence-corrected chi connectivity index (χ4v) is 2.56. The summed E-state index contributed by atoms with van der Waals surface area (Å²) in [5.74, 6) is -0.493. The van der Waals surface area contributed by atoms with Gasteiger partial charge < -0.3 is 19.8 Å². The summed E-state index contributed by atoms with van der Waals surface area (Å²) in [4.78, 5) is 14.5. The second-order valence-electron chi connectivity index (χ2n) is 4.95. The first-order valence-corrected chi connectivity index (χ1v) is 6.44. The number of fused-ring (bicyclic) bond motifs is 1. The summed E-state index contributed by atoms with van der Waals surface area (Å²) in [6.07, 6.45) is 0.127. The van der Waals surface area contributed by atoms with Crippen LogP contribution in [0.1, 0.15) is 6.42 Å². The summed E-state index contributed by atoms with van der Waals surface area (Å²) in [7, 11) is 1.70. The van der Waals surface area contributed by atoms with Crippen LogP contribution in [0.15, 0.2) is 15.0 Å². The summed E-state index contributed by atoms with van der Waals surface area (Å²) < 4.78 is 5.62. The maximum Gasteiger partial charge on any atom is 0.210 e. The topological polar surface area (TPSA) is 128 Å². The quantitative estimate of drug-likeness (QED) is 0.422. The van der Waals surface area contributed by atoms with Gasteiger partial charge in [0.25, 0.3) is 0 Å². The van der Waals surface area contributed by atoms with Gasteiger partial charge in [0.2, 0.25) is 5.79 Å². The SMILES string of the molecule is CNC1(N)N=CN=C2C1=NCN2[C@H]1C[C@H](O)[C@@H](CO)O1. The Morgan fingerprint density at radius 3 is 3.10 bits per heavy atom. The van der Waals surface area contributed by atoms with Crippen molar-refractivity contribution < 1.29 is 14.9 Å². The molecule has 3 aliphatic heterocycles. The van der Waals surface area contributed by atoms with Gasteiger partial charge in [-0.15, -0.1) is 0 Å². The van der Waals surface area contributed by atoms with Gasteiger partial charge in [0, 0.05) is 6.42 Å². The minimum atomic E-state index is -1.08. The van der Waals surface area contributed by atoms with Crippen LogP contribution in [0.5, 0.6) is 0 Å². The summed E-state index contributed by atoms with van der Waals surface area (Å²) in [6, 6.07) is 0. The highest BCUT2D eigenvalue weighted by atomic mass is 16.5. The second-order valence-corrected chi connectivity index (χ2v) is 4.95. The molecule has 3 aliphatic rings. The van der Waals surface area contributed by atoms with Crippen LogP contribution in [-0.2, 0) is 4.74 Å². The molecule has 20 heavy (non-hydrogen) atoms. The van der Waals surface area contributed by atoms with Crippen LogP contribution < -0.4 is 11.1 Å². The van der Waals surface area contributed by atoms with Crippen LogP contribution >= 0.6 is 0 Å². The van der Waals surface area contributed by atoms with Crippen molar-refractivity contribution in [3.63, 3.8) is 0 Å². The monoisotopic (exact) mass is 282 g/mol. The fourth-order valence-electron chi connectivity index (χ4n) is 2.56. The molecule has 110 valence electrons. The molecule has 5 N–H and O–H groups in total. The molecule has 9 nitrogen and oxygen atoms in total. The Morgan fingerprint density at radius 2 is 2.45 bits per heavy atom. The van der Waals surface area contributed by atoms with Crippen LogP contribution in [0.25, 0.3) is 0 Å². The number of nitrogens with two attached hydrogens (primary N) is 1. The van der Waals surface area contributed by atoms with Crippen LogP contribution in [0.3, 0.4) is 0 Å². The third-order valence-electron chi connectivity index (χ3n) is 3.78. The van der Waals surface area contributed by atoms with Gasteiger partial charge >= 0.3 is 0 Å². The van der Waals surface area contributed by atoms with Crippen molar-refractivity contribution in [2.24, 2.45) is 20.7 Å². The van der Waals surface area contributed by atoms with E-state index in [4.69, 9.17) is 15.6 Å². The number of aliphatic hydroxyl groups is 2. The Balaban J connectivity index is 1.80. The van der Waals surface area contributed by atoms with E-state index in [0.29, 0.717) is 24.6 Å². The molecule has 3 rings (SSSR count). The molecule has 4 atom stereocenters. The lowest BCUT2D eigenvalue weighted by atomic mass is 10.1. The van der Waals surface area contributed by atoms with E-state index in [9.17, 15) is 5.11 Å². The van der Waals surface area contributed by atoms with Gasteiger partial charge in [0.05, 0.1) is 12.7 Å². The van der Waals surface area contributed by atoms with Crippen molar-refractivity contribution in [3.8, 4) is 0 Å². The molecule has 1 unspecified atom stereocenters. The number of aliphatic hydroxyl groups excluding tert-OH is 2. The van der Waals surface area contributed by atoms with Gasteiger partial charge in [-0.3, -0.25) is 16.0 Å². The Labute approximate surface area is 115 Å². The van der Waals surface area contributed by atoms with Crippen LogP contribution in [0, 0.1) is 0 Å². The summed E-state index contributed by atoms with van der Waals surface area (Å²) in [6.45, 7) is 0.123. The maximum absolute atomic E-state index is 9.81. The smallest absolute Gasteiger partial charge is 0.210 e. The van der Waals surface area contributed by atoms with Crippen LogP contribution in [0.4, 0.5) is 0 Å². The van der Waals surface area contributed by atoms with E-state index in [1.165, 1.54) is 6.34 Å². The number of ether oxygens (including phenoxy) is 1. The molecule has 1 saturated heterocycles. The van der Waals surface area contributed by atoms with Crippen LogP contribution in [-0.4, -0.2) is 77.5 Å². The van der Waals surface area contributed by atoms with Crippen molar-refractivity contribution in [1.82, 2.24) is 10.2 Å². The molecule has 0 bridgehead atoms. The van der Waals surface area contributed by atoms with E-state index >= 15 is 0 Å². The predicted molar refractivity (Wildman–Crippen MR) is 72.4 cm³/mol. The number of hydrogen-bond acceptors (Lipinski definition) is 9. The average Bonchev–Trinajstić information content (AvgIpc) is 3.03. The van der Waals surface area contributed by atoms with E-state index in [2.05, 4.69) is 20.3 Å². The predicted octanol–water partition coefficient (Wildman–Crippen LogP) is -2.56. The third kappa shape index (κ3) is 1.95. The highest BCUT2D eigenvalue weighted by Crippen LogP contribution is 2.27. The first kappa shape index (κ1) is 13.6. The summed E-state index contributed by atoms with van der Waals surface area (Å²) in [5, 5.41) is 21.9. The Bertz CT molecular complexity index is 493. The molecular weight excluding hydrogens is 264 g/mol. The standard InChI is InChI=1S/C11H18N6O3/c1-13-11(12)9-10(14-4-16-11)17(5-15-9)8-2-6(19)7(3-18)20-8/h4,6-8,13,18-19H,2-3,5,12H2,1H3/t6-,7+,8+,11?/m0/s1. The molecule has 0 amide bonds. The van der Waals surface area contributed by atoms with E-state index in [0.717, 1.165) is 0 Å². The molecule has 9 heteroatoms. The number of amidine groups is 1. The van der Waals surface area contributed by atoms with Gasteiger partial charge in [0.1, 0.15) is 31.1 Å². The Hall–Kier alpha value is -1.39. The molecule has 0 spiro atoms. The van der Waals surface area contributed by atoms with Crippen molar-refractivity contribution in [2.45, 2.75) is 30.6 Å². The van der Waals surface area contributed by atoms with E-state index in [-0.39, 0.29) is 12.8 Å². The Kier molecular flexibility index (Phi) is 3.30. The minimum absolute atomic E-state index is 0.218. The lowest BCUT2D eigenvalue weighted by Gasteiger charge is -2.31. The number of aliphatic imine (C=N–C) groups is 3. The molecule has 3 heterocycles. The van der Waals surface area contributed by atoms with E-state index in [1.807, 2.05) is 4.90 Å². The van der Waals surface area contributed by atoms with Crippen molar-refractivity contribution in [3.05, 3.63) is 0 Å². The van der Waals surface area contributed by atoms with Crippen LogP contribution in [0.2, 0.25) is 0 Å². The highest BCUT2D eigenvalue weighted by molar-refractivity contribution is 6.47. The normalized spacial score (nSPS) is 39.8. The lowest BCUT2D eigenvalue weighted by Crippen LogP contribution is -2.61. The molecule has 0 aromatic rings. The third-order valence-corrected chi connectivity index (χ3v) is 3.78. The number of nitrogens with zero attached hydrogens (tertiary/aromatic N) is 4. The molecule has 0 aromatic carbocycles. The largest absolute Gasteiger partial charge is 0.394 e. The minimum Gasteiger partial charge on any atom is -0.394 e. The second kappa shape index (κ2) is 4.86. The zero-order valence-electron chi connectivity index (χ0n) is 11.1. The van der Waals surface area contributed by atoms with E-state index < -0.39 is 18.0 Å². The number of nitrogens with one attached hydrogen (secondary N) is 1. The molecule has 0 saturated carbocycles. The Morgan fingerprint density at radius 1 is 1.65 bits per heavy atom. The van der Waals surface area contributed by atoms with Gasteiger partial charge in [0.15, 0.2) is 5.84 Å². The van der Waals surface area contributed by atoms with Gasteiger partial charge in [-0.1, -0.05) is 0 Å². The zero-order chi connectivity index (χ0) is 14.3. The average molecular weight is 282 g/mol. The fraction of sp³-hybridized carbons (Fsp3) is 0.727. The van der Waals surface area contributed by atoms with Crippen molar-refractivity contribution in [1.29, 1.82) is 0 Å². The first-order valence-electron chi connectivity index (χ1n) is 6.44. The van der Waals surface area contributed by atoms with Crippen molar-refractivity contribution in [2.75, 3.05) is 20.3 Å². The number of rotatable bonds is 3. The summed E-state index contributed by atoms with van der Waals surface area (Å²) >= 11 is 0. The maximum atomic E-state index is 9.81. The molecular formula is C11H18N6O3. The molecule has 0 radical (unpaired) electrons. The lowest BCUT2D eigenvalue weighted by molar-refractivity contribution is -0.0560. The van der Waals surface area contributed by atoms with E-state index in [1.54, 1.807) is 7.05 Å². The summed E-state index contributed by atoms with van der Waals surface area (Å²) in [5.41, 5.74) is 6.66. The molecule has 0 aromatic heterocycles. The van der Waals surface area contributed by atoms with Gasteiger partial charge in [-0.25, -0.2) is 9.98 Å².